The molecular formula is C34H53N3O5. The topological polar surface area (TPSA) is 105 Å². The van der Waals surface area contributed by atoms with E-state index in [0.717, 1.165) is 44.2 Å². The molecule has 0 aromatic heterocycles. The summed E-state index contributed by atoms with van der Waals surface area (Å²) in [6, 6.07) is 7.85. The molecule has 1 aromatic carbocycles. The zero-order valence-corrected chi connectivity index (χ0v) is 26.7. The minimum Gasteiger partial charge on any atom is -0.373 e. The first-order chi connectivity index (χ1) is 19.9. The lowest BCUT2D eigenvalue weighted by Crippen LogP contribution is -2.43. The Kier molecular flexibility index (Phi) is 13.9. The molecule has 0 spiro atoms. The second-order valence-electron chi connectivity index (χ2n) is 12.7. The van der Waals surface area contributed by atoms with Gasteiger partial charge in [-0.15, -0.1) is 6.58 Å². The molecule has 1 saturated heterocycles. The van der Waals surface area contributed by atoms with Gasteiger partial charge in [-0.3, -0.25) is 24.1 Å². The predicted molar refractivity (Wildman–Crippen MR) is 168 cm³/mol. The van der Waals surface area contributed by atoms with Crippen LogP contribution in [0.25, 0.3) is 0 Å². The van der Waals surface area contributed by atoms with Crippen LogP contribution < -0.4 is 10.6 Å². The second kappa shape index (κ2) is 16.6. The maximum Gasteiger partial charge on any atom is 0.233 e. The Balaban J connectivity index is 0.00000301. The Morgan fingerprint density at radius 1 is 1.05 bits per heavy atom. The van der Waals surface area contributed by atoms with Crippen LogP contribution in [0.3, 0.4) is 0 Å². The van der Waals surface area contributed by atoms with Crippen molar-refractivity contribution in [3.05, 3.63) is 42.5 Å². The molecule has 42 heavy (non-hydrogen) atoms. The van der Waals surface area contributed by atoms with Gasteiger partial charge in [-0.25, -0.2) is 0 Å². The Bertz CT molecular complexity index is 1060. The van der Waals surface area contributed by atoms with Crippen molar-refractivity contribution in [2.75, 3.05) is 25.0 Å². The molecule has 0 radical (unpaired) electrons. The number of imide groups is 1. The van der Waals surface area contributed by atoms with E-state index in [4.69, 9.17) is 4.74 Å². The summed E-state index contributed by atoms with van der Waals surface area (Å²) in [7, 11) is 0. The zero-order chi connectivity index (χ0) is 31.3. The van der Waals surface area contributed by atoms with Crippen molar-refractivity contribution in [1.82, 2.24) is 10.2 Å². The summed E-state index contributed by atoms with van der Waals surface area (Å²) in [6.45, 7) is 16.2. The van der Waals surface area contributed by atoms with Crippen LogP contribution >= 0.6 is 0 Å². The van der Waals surface area contributed by atoms with E-state index in [0.29, 0.717) is 12.5 Å². The monoisotopic (exact) mass is 583 g/mol. The van der Waals surface area contributed by atoms with E-state index in [1.54, 1.807) is 0 Å². The Morgan fingerprint density at radius 2 is 1.69 bits per heavy atom. The Morgan fingerprint density at radius 3 is 2.31 bits per heavy atom. The molecule has 1 aromatic rings. The van der Waals surface area contributed by atoms with Gasteiger partial charge in [-0.1, -0.05) is 58.7 Å². The number of aryl methyl sites for hydroxylation is 1. The molecule has 234 valence electrons. The minimum atomic E-state index is -0.655. The van der Waals surface area contributed by atoms with Crippen LogP contribution in [-0.4, -0.2) is 53.8 Å². The van der Waals surface area contributed by atoms with Crippen molar-refractivity contribution in [2.45, 2.75) is 105 Å². The van der Waals surface area contributed by atoms with E-state index in [9.17, 15) is 19.2 Å². The lowest BCUT2D eigenvalue weighted by molar-refractivity contribution is -0.140. The fourth-order valence-corrected chi connectivity index (χ4v) is 5.44. The largest absolute Gasteiger partial charge is 0.373 e. The molecule has 2 aliphatic rings. The first-order valence-corrected chi connectivity index (χ1v) is 15.6. The molecule has 8 nitrogen and oxygen atoms in total. The number of ether oxygens (including phenoxy) is 1. The number of likely N-dealkylation sites (tertiary alicyclic amines) is 1. The number of carbonyl (C=O) groups is 4. The third kappa shape index (κ3) is 11.3. The molecule has 1 aliphatic heterocycles. The highest BCUT2D eigenvalue weighted by Crippen LogP contribution is 2.37. The Hall–Kier alpha value is -3.00. The van der Waals surface area contributed by atoms with Gasteiger partial charge in [0.1, 0.15) is 0 Å². The van der Waals surface area contributed by atoms with E-state index >= 15 is 0 Å². The third-order valence-corrected chi connectivity index (χ3v) is 7.89. The highest BCUT2D eigenvalue weighted by molar-refractivity contribution is 6.04. The van der Waals surface area contributed by atoms with E-state index < -0.39 is 11.0 Å². The fraction of sp³-hybridized carbons (Fsp3) is 0.647. The summed E-state index contributed by atoms with van der Waals surface area (Å²) < 4.78 is 6.11. The summed E-state index contributed by atoms with van der Waals surface area (Å²) >= 11 is 0. The molecule has 1 unspecified atom stereocenters. The van der Waals surface area contributed by atoms with Crippen LogP contribution in [0.4, 0.5) is 5.69 Å². The van der Waals surface area contributed by atoms with Crippen LogP contribution in [0, 0.1) is 17.3 Å². The van der Waals surface area contributed by atoms with Crippen LogP contribution in [0.2, 0.25) is 0 Å². The van der Waals surface area contributed by atoms with Gasteiger partial charge in [0, 0.05) is 38.0 Å². The molecule has 2 fully saturated rings. The van der Waals surface area contributed by atoms with Gasteiger partial charge in [0.2, 0.25) is 23.6 Å². The Labute approximate surface area is 253 Å². The van der Waals surface area contributed by atoms with Gasteiger partial charge >= 0.3 is 0 Å². The van der Waals surface area contributed by atoms with Crippen molar-refractivity contribution in [3.8, 4) is 0 Å². The van der Waals surface area contributed by atoms with E-state index in [-0.39, 0.29) is 61.9 Å². The number of hydrogen-bond donors (Lipinski definition) is 2. The highest BCUT2D eigenvalue weighted by Gasteiger charge is 2.43. The van der Waals surface area contributed by atoms with Gasteiger partial charge in [-0.05, 0) is 68.6 Å². The standard InChI is InChI=1S/C32H47N3O5.C2H6/c1-6-7-10-23-13-15-25(16-14-23)34-28(37)20-31(2,3)22-40-32(4,5)21-33-27(36)17-18-35-29(38)19-26(30(35)39)24-11-8-9-12-24;1-2/h6,13-16,24,26H,1,7-12,17-22H2,2-5H3,(H,33,36)(H,34,37);1-2H3. The lowest BCUT2D eigenvalue weighted by atomic mass is 9.89. The van der Waals surface area contributed by atoms with Crippen LogP contribution in [0.15, 0.2) is 36.9 Å². The molecule has 2 N–H and O–H groups in total. The first-order valence-electron chi connectivity index (χ1n) is 15.6. The number of hydrogen-bond acceptors (Lipinski definition) is 5. The maximum absolute atomic E-state index is 12.8. The highest BCUT2D eigenvalue weighted by atomic mass is 16.5. The number of nitrogens with one attached hydrogen (secondary N) is 2. The third-order valence-electron chi connectivity index (χ3n) is 7.89. The molecule has 1 aliphatic carbocycles. The fourth-order valence-electron chi connectivity index (χ4n) is 5.44. The number of benzene rings is 1. The number of amides is 4. The molecule has 3 rings (SSSR count). The van der Waals surface area contributed by atoms with E-state index in [2.05, 4.69) is 17.2 Å². The molecule has 0 bridgehead atoms. The van der Waals surface area contributed by atoms with Crippen molar-refractivity contribution in [2.24, 2.45) is 17.3 Å². The SMILES string of the molecule is C=CCCc1ccc(NC(=O)CC(C)(C)COC(C)(C)CNC(=O)CCN2C(=O)CC(C3CCCC3)C2=O)cc1.CC. The normalized spacial score (nSPS) is 17.6. The molecule has 1 atom stereocenters. The van der Waals surface area contributed by atoms with Crippen molar-refractivity contribution < 1.29 is 23.9 Å². The number of anilines is 1. The average molecular weight is 584 g/mol. The zero-order valence-electron chi connectivity index (χ0n) is 26.7. The average Bonchev–Trinajstić information content (AvgIpc) is 3.58. The van der Waals surface area contributed by atoms with Crippen molar-refractivity contribution in [3.63, 3.8) is 0 Å². The van der Waals surface area contributed by atoms with Gasteiger partial charge in [-0.2, -0.15) is 0 Å². The van der Waals surface area contributed by atoms with Gasteiger partial charge in [0.15, 0.2) is 0 Å². The van der Waals surface area contributed by atoms with Gasteiger partial charge in [0.05, 0.1) is 18.1 Å². The molecule has 1 saturated carbocycles. The van der Waals surface area contributed by atoms with Gasteiger partial charge in [0.25, 0.3) is 0 Å². The number of allylic oxidation sites excluding steroid dienone is 1. The van der Waals surface area contributed by atoms with Crippen molar-refractivity contribution >= 4 is 29.3 Å². The first kappa shape index (κ1) is 35.2. The number of nitrogens with zero attached hydrogens (tertiary/aromatic N) is 1. The van der Waals surface area contributed by atoms with E-state index in [1.807, 2.05) is 71.9 Å². The second-order valence-corrected chi connectivity index (χ2v) is 12.7. The quantitative estimate of drug-likeness (QED) is 0.193. The summed E-state index contributed by atoms with van der Waals surface area (Å²) in [5.74, 6) is -0.480. The molecule has 1 heterocycles. The maximum atomic E-state index is 12.8. The van der Waals surface area contributed by atoms with E-state index in [1.165, 1.54) is 10.5 Å². The molecular weight excluding hydrogens is 530 g/mol. The van der Waals surface area contributed by atoms with Crippen LogP contribution in [0.5, 0.6) is 0 Å². The summed E-state index contributed by atoms with van der Waals surface area (Å²) in [5.41, 5.74) is 0.893. The molecule has 4 amide bonds. The lowest BCUT2D eigenvalue weighted by Gasteiger charge is -2.32. The summed E-state index contributed by atoms with van der Waals surface area (Å²) in [4.78, 5) is 51.6. The number of carbonyl (C=O) groups excluding carboxylic acids is 4. The van der Waals surface area contributed by atoms with Crippen molar-refractivity contribution in [1.29, 1.82) is 0 Å². The van der Waals surface area contributed by atoms with Crippen LogP contribution in [0.1, 0.15) is 98.5 Å². The minimum absolute atomic E-state index is 0.0752. The number of rotatable bonds is 15. The molecule has 8 heteroatoms. The summed E-state index contributed by atoms with van der Waals surface area (Å²) in [5, 5.41) is 5.83. The predicted octanol–water partition coefficient (Wildman–Crippen LogP) is 6.05. The van der Waals surface area contributed by atoms with Gasteiger partial charge < -0.3 is 15.4 Å². The smallest absolute Gasteiger partial charge is 0.233 e. The summed E-state index contributed by atoms with van der Waals surface area (Å²) in [6.07, 6.45) is 8.65. The van der Waals surface area contributed by atoms with Crippen LogP contribution in [-0.2, 0) is 30.3 Å².